The molecule has 0 N–H and O–H groups in total. The normalized spacial score (nSPS) is 14.2. The molecule has 1 amide bonds. The van der Waals surface area contributed by atoms with Gasteiger partial charge in [-0.3, -0.25) is 9.69 Å². The molecule has 8 heteroatoms. The van der Waals surface area contributed by atoms with E-state index in [0.717, 1.165) is 59.0 Å². The predicted octanol–water partition coefficient (Wildman–Crippen LogP) is 4.09. The average Bonchev–Trinajstić information content (AvgIpc) is 3.36. The van der Waals surface area contributed by atoms with Crippen molar-refractivity contribution in [3.8, 4) is 22.8 Å². The molecule has 1 aliphatic rings. The minimum atomic E-state index is 0.0287. The molecule has 3 heterocycles. The van der Waals surface area contributed by atoms with E-state index in [1.54, 1.807) is 20.4 Å². The van der Waals surface area contributed by atoms with Crippen LogP contribution in [0.3, 0.4) is 0 Å². The molecule has 0 spiro atoms. The van der Waals surface area contributed by atoms with E-state index in [4.69, 9.17) is 14.5 Å². The van der Waals surface area contributed by atoms with Crippen LogP contribution in [0, 0.1) is 0 Å². The molecule has 0 unspecified atom stereocenters. The van der Waals surface area contributed by atoms with Crippen molar-refractivity contribution < 1.29 is 14.3 Å². The highest BCUT2D eigenvalue weighted by atomic mass is 16.5. The molecule has 8 nitrogen and oxygen atoms in total. The van der Waals surface area contributed by atoms with E-state index in [1.807, 2.05) is 65.0 Å². The summed E-state index contributed by atoms with van der Waals surface area (Å²) < 4.78 is 12.6. The van der Waals surface area contributed by atoms with E-state index in [9.17, 15) is 4.79 Å². The van der Waals surface area contributed by atoms with Gasteiger partial charge in [0.05, 0.1) is 37.1 Å². The molecule has 0 saturated carbocycles. The zero-order valence-corrected chi connectivity index (χ0v) is 21.0. The van der Waals surface area contributed by atoms with Crippen LogP contribution >= 0.6 is 0 Å². The quantitative estimate of drug-likeness (QED) is 0.393. The zero-order chi connectivity index (χ0) is 25.1. The summed E-state index contributed by atoms with van der Waals surface area (Å²) in [6.07, 6.45) is 1.77. The van der Waals surface area contributed by atoms with Gasteiger partial charge in [-0.15, -0.1) is 0 Å². The fourth-order valence-electron chi connectivity index (χ4n) is 4.73. The van der Waals surface area contributed by atoms with Gasteiger partial charge in [-0.25, -0.2) is 9.67 Å². The molecule has 4 aromatic rings. The Morgan fingerprint density at radius 2 is 1.69 bits per heavy atom. The van der Waals surface area contributed by atoms with Crippen molar-refractivity contribution in [2.45, 2.75) is 20.0 Å². The Hall–Kier alpha value is -3.91. The second-order valence-electron chi connectivity index (χ2n) is 8.88. The number of ether oxygens (including phenoxy) is 2. The molecule has 1 fully saturated rings. The lowest BCUT2D eigenvalue weighted by Gasteiger charge is -2.35. The van der Waals surface area contributed by atoms with Crippen molar-refractivity contribution in [2.75, 3.05) is 40.4 Å². The molecule has 36 heavy (non-hydrogen) atoms. The standard InChI is InChI=1S/C28H31N5O3/c1-4-33-27-23(18-29-33)22(17-24(30-27)21-8-6-5-7-9-21)28(34)32-14-12-31(13-15-32)19-20-10-11-25(35-2)26(16-20)36-3/h5-11,16-18H,4,12-15,19H2,1-3H3. The molecule has 0 atom stereocenters. The summed E-state index contributed by atoms with van der Waals surface area (Å²) in [5.41, 5.74) is 4.33. The molecule has 1 saturated heterocycles. The molecule has 5 rings (SSSR count). The first-order valence-electron chi connectivity index (χ1n) is 12.3. The van der Waals surface area contributed by atoms with E-state index in [1.165, 1.54) is 0 Å². The topological polar surface area (TPSA) is 72.7 Å². The third-order valence-electron chi connectivity index (χ3n) is 6.72. The van der Waals surface area contributed by atoms with Crippen LogP contribution in [0.2, 0.25) is 0 Å². The lowest BCUT2D eigenvalue weighted by Crippen LogP contribution is -2.48. The van der Waals surface area contributed by atoms with E-state index < -0.39 is 0 Å². The first-order chi connectivity index (χ1) is 17.6. The number of hydrogen-bond acceptors (Lipinski definition) is 6. The van der Waals surface area contributed by atoms with Gasteiger partial charge in [0.2, 0.25) is 0 Å². The summed E-state index contributed by atoms with van der Waals surface area (Å²) >= 11 is 0. The number of amides is 1. The smallest absolute Gasteiger partial charge is 0.254 e. The number of pyridine rings is 1. The molecule has 0 radical (unpaired) electrons. The summed E-state index contributed by atoms with van der Waals surface area (Å²) in [6.45, 7) is 6.45. The van der Waals surface area contributed by atoms with E-state index >= 15 is 0 Å². The lowest BCUT2D eigenvalue weighted by atomic mass is 10.1. The molecule has 186 valence electrons. The Morgan fingerprint density at radius 1 is 0.944 bits per heavy atom. The van der Waals surface area contributed by atoms with Crippen LogP contribution in [0.25, 0.3) is 22.3 Å². The number of rotatable bonds is 7. The molecule has 0 aliphatic carbocycles. The maximum absolute atomic E-state index is 13.7. The second kappa shape index (κ2) is 10.4. The maximum Gasteiger partial charge on any atom is 0.254 e. The van der Waals surface area contributed by atoms with Crippen LogP contribution in [0.1, 0.15) is 22.8 Å². The highest BCUT2D eigenvalue weighted by Gasteiger charge is 2.25. The van der Waals surface area contributed by atoms with Gasteiger partial charge in [0.1, 0.15) is 0 Å². The van der Waals surface area contributed by atoms with Gasteiger partial charge < -0.3 is 14.4 Å². The molecular formula is C28H31N5O3. The molecular weight excluding hydrogens is 454 g/mol. The maximum atomic E-state index is 13.7. The summed E-state index contributed by atoms with van der Waals surface area (Å²) in [7, 11) is 3.29. The van der Waals surface area contributed by atoms with Crippen molar-refractivity contribution >= 4 is 16.9 Å². The van der Waals surface area contributed by atoms with Crippen LogP contribution in [0.4, 0.5) is 0 Å². The molecule has 0 bridgehead atoms. The Labute approximate surface area is 211 Å². The first-order valence-corrected chi connectivity index (χ1v) is 12.3. The second-order valence-corrected chi connectivity index (χ2v) is 8.88. The Morgan fingerprint density at radius 3 is 2.39 bits per heavy atom. The molecule has 2 aromatic heterocycles. The Kier molecular flexibility index (Phi) is 6.86. The van der Waals surface area contributed by atoms with Gasteiger partial charge in [0.25, 0.3) is 5.91 Å². The Balaban J connectivity index is 1.34. The molecule has 1 aliphatic heterocycles. The zero-order valence-electron chi connectivity index (χ0n) is 21.0. The van der Waals surface area contributed by atoms with Crippen molar-refractivity contribution in [1.29, 1.82) is 0 Å². The first kappa shape index (κ1) is 23.8. The largest absolute Gasteiger partial charge is 0.493 e. The van der Waals surface area contributed by atoms with Crippen molar-refractivity contribution in [1.82, 2.24) is 24.6 Å². The van der Waals surface area contributed by atoms with Crippen LogP contribution in [-0.4, -0.2) is 70.9 Å². The minimum Gasteiger partial charge on any atom is -0.493 e. The van der Waals surface area contributed by atoms with Gasteiger partial charge in [0, 0.05) is 44.8 Å². The predicted molar refractivity (Wildman–Crippen MR) is 139 cm³/mol. The fraction of sp³-hybridized carbons (Fsp3) is 0.321. The number of aromatic nitrogens is 3. The number of aryl methyl sites for hydroxylation is 1. The number of fused-ring (bicyclic) bond motifs is 1. The van der Waals surface area contributed by atoms with Crippen molar-refractivity contribution in [2.24, 2.45) is 0 Å². The fourth-order valence-corrected chi connectivity index (χ4v) is 4.73. The monoisotopic (exact) mass is 485 g/mol. The third kappa shape index (κ3) is 4.64. The van der Waals surface area contributed by atoms with Crippen LogP contribution in [0.15, 0.2) is 60.8 Å². The van der Waals surface area contributed by atoms with Gasteiger partial charge in [-0.1, -0.05) is 36.4 Å². The highest BCUT2D eigenvalue weighted by Crippen LogP contribution is 2.29. The summed E-state index contributed by atoms with van der Waals surface area (Å²) in [6, 6.07) is 17.9. The average molecular weight is 486 g/mol. The third-order valence-corrected chi connectivity index (χ3v) is 6.72. The number of carbonyl (C=O) groups is 1. The number of hydrogen-bond donors (Lipinski definition) is 0. The highest BCUT2D eigenvalue weighted by molar-refractivity contribution is 6.06. The van der Waals surface area contributed by atoms with Gasteiger partial charge in [-0.2, -0.15) is 5.10 Å². The van der Waals surface area contributed by atoms with Crippen molar-refractivity contribution in [3.05, 3.63) is 71.9 Å². The van der Waals surface area contributed by atoms with Gasteiger partial charge >= 0.3 is 0 Å². The van der Waals surface area contributed by atoms with Crippen LogP contribution < -0.4 is 9.47 Å². The van der Waals surface area contributed by atoms with E-state index in [-0.39, 0.29) is 5.91 Å². The van der Waals surface area contributed by atoms with Gasteiger partial charge in [-0.05, 0) is 30.7 Å². The molecule has 2 aromatic carbocycles. The summed E-state index contributed by atoms with van der Waals surface area (Å²) in [5.74, 6) is 1.48. The SMILES string of the molecule is CCn1ncc2c(C(=O)N3CCN(Cc4ccc(OC)c(OC)c4)CC3)cc(-c3ccccc3)nc21. The summed E-state index contributed by atoms with van der Waals surface area (Å²) in [4.78, 5) is 22.9. The number of nitrogens with zero attached hydrogens (tertiary/aromatic N) is 5. The lowest BCUT2D eigenvalue weighted by molar-refractivity contribution is 0.0630. The van der Waals surface area contributed by atoms with Crippen molar-refractivity contribution in [3.63, 3.8) is 0 Å². The van der Waals surface area contributed by atoms with E-state index in [2.05, 4.69) is 16.1 Å². The number of benzene rings is 2. The summed E-state index contributed by atoms with van der Waals surface area (Å²) in [5, 5.41) is 5.28. The number of carbonyl (C=O) groups excluding carboxylic acids is 1. The van der Waals surface area contributed by atoms with Gasteiger partial charge in [0.15, 0.2) is 17.1 Å². The van der Waals surface area contributed by atoms with E-state index in [0.29, 0.717) is 25.2 Å². The Bertz CT molecular complexity index is 1360. The minimum absolute atomic E-state index is 0.0287. The number of piperazine rings is 1. The van der Waals surface area contributed by atoms with Crippen LogP contribution in [-0.2, 0) is 13.1 Å². The van der Waals surface area contributed by atoms with Crippen LogP contribution in [0.5, 0.6) is 11.5 Å². The number of methoxy groups -OCH3 is 2.